The van der Waals surface area contributed by atoms with Crippen LogP contribution in [0.1, 0.15) is 131 Å². The van der Waals surface area contributed by atoms with Crippen molar-refractivity contribution in [3.63, 3.8) is 0 Å². The number of methoxy groups -OCH3 is 3. The zero-order valence-electron chi connectivity index (χ0n) is 38.4. The Bertz CT molecular complexity index is 1560. The fraction of sp³-hybridized carbons (Fsp3) is 0.792. The van der Waals surface area contributed by atoms with Crippen LogP contribution in [0.3, 0.4) is 0 Å². The molecule has 1 amide bonds. The first-order chi connectivity index (χ1) is 29.0. The first-order valence-corrected chi connectivity index (χ1v) is 22.9. The van der Waals surface area contributed by atoms with E-state index in [0.29, 0.717) is 56.9 Å². The van der Waals surface area contributed by atoms with Crippen LogP contribution in [0.25, 0.3) is 0 Å². The topological polar surface area (TPSA) is 178 Å². The maximum absolute atomic E-state index is 14.4. The molecule has 0 aromatic rings. The van der Waals surface area contributed by atoms with Crippen LogP contribution in [0.15, 0.2) is 35.5 Å². The molecular formula is C48H77NO12. The quantitative estimate of drug-likeness (QED) is 0.0983. The standard InChI is InChI=1S/C48H77NO12/c1-10-11-12-13-14-17-35-23-29(2)22-30(3)24-41(58-8)44-42(59-9)26-32(5)48(56,61-44)45(53)46(54)49-21-16-15-18-36(49)47(55)60-43(33(6)38(51)28-39(35)52)31(4)25-34-19-20-37(50)40(27-34)57-7/h13-14,23,25,30,32-38,40-44,50-51,56H,10-12,15-22,24,26-28H2,1-9H3/b14-13+,29-23+,31-25+/t30-,32+,33+,34-,35+,36-,37+,38-,40+,41-,42-,43+,44+,48+/m0/s1. The minimum absolute atomic E-state index is 0.00890. The lowest BCUT2D eigenvalue weighted by molar-refractivity contribution is -0.302. The van der Waals surface area contributed by atoms with E-state index in [1.807, 2.05) is 32.1 Å². The maximum atomic E-state index is 14.4. The van der Waals surface area contributed by atoms with Gasteiger partial charge in [0.15, 0.2) is 0 Å². The van der Waals surface area contributed by atoms with E-state index in [2.05, 4.69) is 19.9 Å². The van der Waals surface area contributed by atoms with Crippen LogP contribution >= 0.6 is 0 Å². The first-order valence-electron chi connectivity index (χ1n) is 22.9. The number of aliphatic hydroxyl groups is 3. The normalized spacial score (nSPS) is 39.3. The zero-order valence-corrected chi connectivity index (χ0v) is 38.4. The summed E-state index contributed by atoms with van der Waals surface area (Å²) >= 11 is 0. The van der Waals surface area contributed by atoms with E-state index in [0.717, 1.165) is 24.8 Å². The smallest absolute Gasteiger partial charge is 0.329 e. The van der Waals surface area contributed by atoms with Crippen LogP contribution in [-0.2, 0) is 42.9 Å². The summed E-state index contributed by atoms with van der Waals surface area (Å²) in [5, 5.41) is 34.5. The third-order valence-electron chi connectivity index (χ3n) is 13.7. The van der Waals surface area contributed by atoms with Crippen molar-refractivity contribution in [2.24, 2.45) is 29.6 Å². The van der Waals surface area contributed by atoms with Crippen molar-refractivity contribution in [1.82, 2.24) is 4.90 Å². The van der Waals surface area contributed by atoms with Crippen LogP contribution in [-0.4, -0.2) is 126 Å². The van der Waals surface area contributed by atoms with Crippen LogP contribution in [0.4, 0.5) is 0 Å². The van der Waals surface area contributed by atoms with Crippen LogP contribution in [0.2, 0.25) is 0 Å². The predicted octanol–water partition coefficient (Wildman–Crippen LogP) is 6.20. The molecule has 14 atom stereocenters. The average Bonchev–Trinajstić information content (AvgIpc) is 3.24. The number of ether oxygens (including phenoxy) is 5. The summed E-state index contributed by atoms with van der Waals surface area (Å²) < 4.78 is 30.0. The number of carbonyl (C=O) groups is 4. The fourth-order valence-corrected chi connectivity index (χ4v) is 9.93. The number of cyclic esters (lactones) is 1. The highest BCUT2D eigenvalue weighted by molar-refractivity contribution is 6.39. The molecule has 346 valence electrons. The second-order valence-corrected chi connectivity index (χ2v) is 18.6. The highest BCUT2D eigenvalue weighted by Crippen LogP contribution is 2.39. The number of carbonyl (C=O) groups excluding carboxylic acids is 4. The Hall–Kier alpha value is -2.78. The van der Waals surface area contributed by atoms with Crippen LogP contribution in [0.5, 0.6) is 0 Å². The van der Waals surface area contributed by atoms with E-state index >= 15 is 0 Å². The molecule has 2 saturated heterocycles. The number of ketones is 2. The molecule has 4 rings (SSSR count). The Balaban J connectivity index is 1.79. The van der Waals surface area contributed by atoms with Gasteiger partial charge in [-0.1, -0.05) is 70.4 Å². The lowest BCUT2D eigenvalue weighted by Crippen LogP contribution is -2.64. The molecule has 3 heterocycles. The van der Waals surface area contributed by atoms with Gasteiger partial charge in [-0.2, -0.15) is 0 Å². The van der Waals surface area contributed by atoms with Crippen molar-refractivity contribution in [1.29, 1.82) is 0 Å². The van der Waals surface area contributed by atoms with E-state index in [-0.39, 0.29) is 49.5 Å². The summed E-state index contributed by atoms with van der Waals surface area (Å²) in [7, 11) is 4.65. The Labute approximate surface area is 364 Å². The molecule has 61 heavy (non-hydrogen) atoms. The number of hydrogen-bond acceptors (Lipinski definition) is 12. The lowest BCUT2D eigenvalue weighted by Gasteiger charge is -2.47. The molecule has 3 aliphatic heterocycles. The van der Waals surface area contributed by atoms with Gasteiger partial charge in [-0.15, -0.1) is 0 Å². The first kappa shape index (κ1) is 50.9. The second-order valence-electron chi connectivity index (χ2n) is 18.6. The van der Waals surface area contributed by atoms with Gasteiger partial charge in [-0.25, -0.2) is 4.79 Å². The molecule has 0 radical (unpaired) electrons. The third-order valence-corrected chi connectivity index (χ3v) is 13.7. The molecule has 3 fully saturated rings. The molecule has 4 aliphatic rings. The highest BCUT2D eigenvalue weighted by Gasteiger charge is 2.56. The van der Waals surface area contributed by atoms with Crippen molar-refractivity contribution in [3.8, 4) is 0 Å². The Kier molecular flexibility index (Phi) is 19.8. The zero-order chi connectivity index (χ0) is 45.0. The van der Waals surface area contributed by atoms with Crippen LogP contribution in [0, 0.1) is 29.6 Å². The Morgan fingerprint density at radius 3 is 2.26 bits per heavy atom. The summed E-state index contributed by atoms with van der Waals surface area (Å²) in [5.41, 5.74) is 1.65. The Morgan fingerprint density at radius 2 is 1.59 bits per heavy atom. The molecular weight excluding hydrogens is 783 g/mol. The molecule has 0 unspecified atom stereocenters. The van der Waals surface area contributed by atoms with Gasteiger partial charge in [-0.05, 0) is 102 Å². The average molecular weight is 860 g/mol. The molecule has 13 nitrogen and oxygen atoms in total. The number of amides is 1. The summed E-state index contributed by atoms with van der Waals surface area (Å²) in [4.78, 5) is 58.4. The molecule has 0 aromatic carbocycles. The summed E-state index contributed by atoms with van der Waals surface area (Å²) in [6.45, 7) is 11.5. The molecule has 0 spiro atoms. The van der Waals surface area contributed by atoms with Crippen molar-refractivity contribution < 1.29 is 58.2 Å². The van der Waals surface area contributed by atoms with E-state index < -0.39 is 83.9 Å². The van der Waals surface area contributed by atoms with Gasteiger partial charge in [0.05, 0.1) is 30.5 Å². The van der Waals surface area contributed by atoms with E-state index in [4.69, 9.17) is 23.7 Å². The van der Waals surface area contributed by atoms with Crippen molar-refractivity contribution in [3.05, 3.63) is 35.5 Å². The number of allylic oxidation sites excluding steroid dienone is 5. The molecule has 2 bridgehead atoms. The maximum Gasteiger partial charge on any atom is 0.329 e. The van der Waals surface area contributed by atoms with Gasteiger partial charge in [0.2, 0.25) is 5.79 Å². The SMILES string of the molecule is CCCC/C=C/C[C@@H]1/C=C(\C)C[C@H](C)C[C@H](OC)[C@H]2O[C@@](O)(C(=O)C(=O)N3CCCC[C@H]3C(=O)O[C@H](/C(C)=C/[C@@H]3CC[C@@H](O)[C@H](OC)C3)[C@H](C)[C@@H](O)CC1=O)[C@H](C)C[C@@H]2OC. The summed E-state index contributed by atoms with van der Waals surface area (Å²) in [5.74, 6) is -7.64. The van der Waals surface area contributed by atoms with E-state index in [1.54, 1.807) is 21.0 Å². The number of hydrogen-bond donors (Lipinski definition) is 3. The number of fused-ring (bicyclic) bond motifs is 3. The largest absolute Gasteiger partial charge is 0.456 e. The number of nitrogens with zero attached hydrogens (tertiary/aromatic N) is 1. The number of rotatable bonds is 10. The monoisotopic (exact) mass is 860 g/mol. The number of aliphatic hydroxyl groups excluding tert-OH is 2. The van der Waals surface area contributed by atoms with Gasteiger partial charge in [0, 0.05) is 52.0 Å². The second kappa shape index (κ2) is 23.8. The molecule has 3 N–H and O–H groups in total. The highest BCUT2D eigenvalue weighted by atomic mass is 16.7. The van der Waals surface area contributed by atoms with E-state index in [9.17, 15) is 34.5 Å². The number of Topliss-reactive ketones (excluding diaryl/α,β-unsaturated/α-hetero) is 2. The van der Waals surface area contributed by atoms with Crippen molar-refractivity contribution >= 4 is 23.4 Å². The van der Waals surface area contributed by atoms with Gasteiger partial charge in [0.1, 0.15) is 24.0 Å². The minimum Gasteiger partial charge on any atom is -0.456 e. The molecule has 1 aliphatic carbocycles. The van der Waals surface area contributed by atoms with Gasteiger partial charge < -0.3 is 43.9 Å². The number of piperidine rings is 1. The number of unbranched alkanes of at least 4 members (excludes halogenated alkanes) is 2. The fourth-order valence-electron chi connectivity index (χ4n) is 9.93. The summed E-state index contributed by atoms with van der Waals surface area (Å²) in [6, 6.07) is -1.14. The van der Waals surface area contributed by atoms with E-state index in [1.165, 1.54) is 19.1 Å². The van der Waals surface area contributed by atoms with Crippen molar-refractivity contribution in [2.75, 3.05) is 27.9 Å². The van der Waals surface area contributed by atoms with Crippen LogP contribution < -0.4 is 0 Å². The van der Waals surface area contributed by atoms with Gasteiger partial charge in [-0.3, -0.25) is 14.4 Å². The lowest BCUT2D eigenvalue weighted by atomic mass is 9.81. The third kappa shape index (κ3) is 13.1. The van der Waals surface area contributed by atoms with Gasteiger partial charge in [0.25, 0.3) is 11.7 Å². The summed E-state index contributed by atoms with van der Waals surface area (Å²) in [6.07, 6.45) is 10.7. The predicted molar refractivity (Wildman–Crippen MR) is 231 cm³/mol. The molecule has 13 heteroatoms. The minimum atomic E-state index is -2.51. The number of esters is 1. The molecule has 0 aromatic heterocycles. The van der Waals surface area contributed by atoms with Gasteiger partial charge >= 0.3 is 5.97 Å². The Morgan fingerprint density at radius 1 is 0.902 bits per heavy atom. The molecule has 1 saturated carbocycles. The van der Waals surface area contributed by atoms with Crippen molar-refractivity contribution in [2.45, 2.75) is 186 Å².